The second-order valence-electron chi connectivity index (χ2n) is 5.18. The average molecular weight is 397 g/mol. The number of hydrogen-bond donors (Lipinski definition) is 0. The molecule has 1 aromatic heterocycles. The highest BCUT2D eigenvalue weighted by molar-refractivity contribution is 9.10. The molecule has 1 saturated heterocycles. The van der Waals surface area contributed by atoms with Crippen molar-refractivity contribution in [3.05, 3.63) is 46.2 Å². The van der Waals surface area contributed by atoms with Crippen molar-refractivity contribution in [1.82, 2.24) is 19.9 Å². The van der Waals surface area contributed by atoms with Crippen molar-refractivity contribution in [2.24, 2.45) is 0 Å². The molecule has 122 valence electrons. The molecule has 0 spiro atoms. The Morgan fingerprint density at radius 3 is 3.04 bits per heavy atom. The van der Waals surface area contributed by atoms with Crippen LogP contribution in [0.1, 0.15) is 16.6 Å². The number of hydrogen-bond acceptors (Lipinski definition) is 5. The molecule has 0 radical (unpaired) electrons. The number of benzene rings is 1. The van der Waals surface area contributed by atoms with E-state index in [4.69, 9.17) is 4.74 Å². The molecule has 1 aromatic carbocycles. The van der Waals surface area contributed by atoms with Crippen molar-refractivity contribution in [3.8, 4) is 0 Å². The molecule has 0 saturated carbocycles. The number of aromatic nitrogens is 3. The van der Waals surface area contributed by atoms with Crippen LogP contribution >= 0.6 is 27.7 Å². The van der Waals surface area contributed by atoms with E-state index in [0.29, 0.717) is 25.4 Å². The fourth-order valence-electron chi connectivity index (χ4n) is 2.44. The average Bonchev–Trinajstić information content (AvgIpc) is 3.14. The minimum absolute atomic E-state index is 0.0781. The van der Waals surface area contributed by atoms with Gasteiger partial charge in [0, 0.05) is 18.1 Å². The predicted octanol–water partition coefficient (Wildman–Crippen LogP) is 2.31. The lowest BCUT2D eigenvalue weighted by atomic mass is 10.2. The molecule has 2 heterocycles. The van der Waals surface area contributed by atoms with Crippen molar-refractivity contribution in [3.63, 3.8) is 0 Å². The monoisotopic (exact) mass is 396 g/mol. The van der Waals surface area contributed by atoms with E-state index in [-0.39, 0.29) is 11.3 Å². The molecule has 1 amide bonds. The molecule has 2 aromatic rings. The maximum atomic E-state index is 12.0. The van der Waals surface area contributed by atoms with Gasteiger partial charge in [-0.2, -0.15) is 0 Å². The van der Waals surface area contributed by atoms with Gasteiger partial charge in [-0.05, 0) is 11.6 Å². The third-order valence-corrected chi connectivity index (χ3v) is 5.60. The molecule has 23 heavy (non-hydrogen) atoms. The van der Waals surface area contributed by atoms with Gasteiger partial charge in [0.15, 0.2) is 0 Å². The second-order valence-corrected chi connectivity index (χ2v) is 7.10. The first-order valence-corrected chi connectivity index (χ1v) is 9.06. The van der Waals surface area contributed by atoms with E-state index in [1.165, 1.54) is 0 Å². The summed E-state index contributed by atoms with van der Waals surface area (Å²) in [6, 6.07) is 8.03. The van der Waals surface area contributed by atoms with Crippen LogP contribution in [-0.2, 0) is 16.1 Å². The number of nitrogens with zero attached hydrogens (tertiary/aromatic N) is 4. The van der Waals surface area contributed by atoms with Gasteiger partial charge < -0.3 is 9.64 Å². The molecule has 8 heteroatoms. The lowest BCUT2D eigenvalue weighted by molar-refractivity contribution is -0.128. The lowest BCUT2D eigenvalue weighted by Crippen LogP contribution is -2.31. The quantitative estimate of drug-likeness (QED) is 0.749. The van der Waals surface area contributed by atoms with E-state index >= 15 is 0 Å². The standard InChI is InChI=1S/C15H17BrN4O2S/c1-22-7-6-20-14(21)10-23-15(20)13-9-19(18-17-13)8-11-4-2-3-5-12(11)16/h2-5,9,15H,6-8,10H2,1H3/t15-/m1/s1. The molecule has 1 fully saturated rings. The van der Waals surface area contributed by atoms with Crippen molar-refractivity contribution < 1.29 is 9.53 Å². The minimum Gasteiger partial charge on any atom is -0.383 e. The Hall–Kier alpha value is -1.38. The van der Waals surface area contributed by atoms with Gasteiger partial charge in [0.25, 0.3) is 0 Å². The van der Waals surface area contributed by atoms with Gasteiger partial charge in [-0.1, -0.05) is 39.3 Å². The molecule has 0 unspecified atom stereocenters. The van der Waals surface area contributed by atoms with Gasteiger partial charge in [0.2, 0.25) is 5.91 Å². The summed E-state index contributed by atoms with van der Waals surface area (Å²) >= 11 is 5.12. The molecule has 3 rings (SSSR count). The summed E-state index contributed by atoms with van der Waals surface area (Å²) in [6.45, 7) is 1.73. The van der Waals surface area contributed by atoms with Gasteiger partial charge in [0.1, 0.15) is 11.1 Å². The van der Waals surface area contributed by atoms with Gasteiger partial charge in [-0.15, -0.1) is 16.9 Å². The highest BCUT2D eigenvalue weighted by Gasteiger charge is 2.34. The molecule has 1 aliphatic rings. The van der Waals surface area contributed by atoms with Crippen LogP contribution < -0.4 is 0 Å². The van der Waals surface area contributed by atoms with Crippen molar-refractivity contribution >= 4 is 33.6 Å². The van der Waals surface area contributed by atoms with Crippen LogP contribution in [0.4, 0.5) is 0 Å². The van der Waals surface area contributed by atoms with Gasteiger partial charge in [0.05, 0.1) is 25.1 Å². The fourth-order valence-corrected chi connectivity index (χ4v) is 3.99. The smallest absolute Gasteiger partial charge is 0.233 e. The van der Waals surface area contributed by atoms with Crippen LogP contribution in [0, 0.1) is 0 Å². The maximum absolute atomic E-state index is 12.0. The Labute approximate surface area is 147 Å². The highest BCUT2D eigenvalue weighted by Crippen LogP contribution is 2.37. The minimum atomic E-state index is -0.0781. The Balaban J connectivity index is 1.73. The van der Waals surface area contributed by atoms with Gasteiger partial charge >= 0.3 is 0 Å². The zero-order valence-electron chi connectivity index (χ0n) is 12.7. The third kappa shape index (κ3) is 3.76. The summed E-state index contributed by atoms with van der Waals surface area (Å²) in [4.78, 5) is 13.8. The van der Waals surface area contributed by atoms with Gasteiger partial charge in [-0.25, -0.2) is 4.68 Å². The Morgan fingerprint density at radius 2 is 2.26 bits per heavy atom. The summed E-state index contributed by atoms with van der Waals surface area (Å²) < 4.78 is 7.93. The third-order valence-electron chi connectivity index (χ3n) is 3.60. The van der Waals surface area contributed by atoms with Gasteiger partial charge in [-0.3, -0.25) is 4.79 Å². The molecule has 0 bridgehead atoms. The fraction of sp³-hybridized carbons (Fsp3) is 0.400. The topological polar surface area (TPSA) is 60.2 Å². The largest absolute Gasteiger partial charge is 0.383 e. The van der Waals surface area contributed by atoms with E-state index in [9.17, 15) is 4.79 Å². The number of carbonyl (C=O) groups is 1. The summed E-state index contributed by atoms with van der Waals surface area (Å²) in [5.41, 5.74) is 1.94. The molecular formula is C15H17BrN4O2S. The van der Waals surface area contributed by atoms with Crippen molar-refractivity contribution in [1.29, 1.82) is 0 Å². The van der Waals surface area contributed by atoms with Crippen molar-refractivity contribution in [2.45, 2.75) is 11.9 Å². The first-order valence-electron chi connectivity index (χ1n) is 7.22. The number of methoxy groups -OCH3 is 1. The molecule has 0 N–H and O–H groups in total. The molecule has 0 aliphatic carbocycles. The Bertz CT molecular complexity index is 694. The predicted molar refractivity (Wildman–Crippen MR) is 92.1 cm³/mol. The number of ether oxygens (including phenoxy) is 1. The van der Waals surface area contributed by atoms with E-state index in [1.54, 1.807) is 28.5 Å². The Kier molecular flexibility index (Phi) is 5.34. The SMILES string of the molecule is COCCN1C(=O)CS[C@@H]1c1cn(Cc2ccccc2Br)nn1. The molecule has 1 atom stereocenters. The van der Waals surface area contributed by atoms with Crippen LogP contribution in [0.5, 0.6) is 0 Å². The molecular weight excluding hydrogens is 380 g/mol. The zero-order valence-corrected chi connectivity index (χ0v) is 15.1. The number of amides is 1. The zero-order chi connectivity index (χ0) is 16.2. The van der Waals surface area contributed by atoms with Crippen LogP contribution in [0.25, 0.3) is 0 Å². The molecule has 1 aliphatic heterocycles. The summed E-state index contributed by atoms with van der Waals surface area (Å²) in [5, 5.41) is 8.38. The first-order chi connectivity index (χ1) is 11.2. The van der Waals surface area contributed by atoms with E-state index < -0.39 is 0 Å². The lowest BCUT2D eigenvalue weighted by Gasteiger charge is -2.21. The van der Waals surface area contributed by atoms with Crippen molar-refractivity contribution in [2.75, 3.05) is 26.0 Å². The second kappa shape index (κ2) is 7.46. The number of halogens is 1. The first kappa shape index (κ1) is 16.5. The maximum Gasteiger partial charge on any atom is 0.233 e. The van der Waals surface area contributed by atoms with Crippen LogP contribution in [0.15, 0.2) is 34.9 Å². The van der Waals surface area contributed by atoms with E-state index in [1.807, 2.05) is 30.5 Å². The Morgan fingerprint density at radius 1 is 1.43 bits per heavy atom. The number of rotatable bonds is 6. The van der Waals surface area contributed by atoms with E-state index in [2.05, 4.69) is 26.2 Å². The number of carbonyl (C=O) groups excluding carboxylic acids is 1. The number of thioether (sulfide) groups is 1. The summed E-state index contributed by atoms with van der Waals surface area (Å²) in [5.74, 6) is 0.600. The highest BCUT2D eigenvalue weighted by atomic mass is 79.9. The summed E-state index contributed by atoms with van der Waals surface area (Å²) in [7, 11) is 1.64. The van der Waals surface area contributed by atoms with Crippen LogP contribution in [-0.4, -0.2) is 51.8 Å². The molecule has 6 nitrogen and oxygen atoms in total. The van der Waals surface area contributed by atoms with Crippen LogP contribution in [0.3, 0.4) is 0 Å². The summed E-state index contributed by atoms with van der Waals surface area (Å²) in [6.07, 6.45) is 1.91. The van der Waals surface area contributed by atoms with E-state index in [0.717, 1.165) is 15.7 Å². The van der Waals surface area contributed by atoms with Crippen LogP contribution in [0.2, 0.25) is 0 Å². The normalized spacial score (nSPS) is 17.9.